The summed E-state index contributed by atoms with van der Waals surface area (Å²) >= 11 is 0. The highest BCUT2D eigenvalue weighted by molar-refractivity contribution is 7.47. The number of hydrogen-bond donors (Lipinski definition) is 3. The number of carbonyl (C=O) groups is 2. The average molecular weight is 707 g/mol. The van der Waals surface area contributed by atoms with Gasteiger partial charge in [-0.3, -0.25) is 18.6 Å². The number of aliphatic hydroxyl groups excluding tert-OH is 2. The highest BCUT2D eigenvalue weighted by Gasteiger charge is 2.27. The molecular formula is C37H71O10P. The summed E-state index contributed by atoms with van der Waals surface area (Å²) in [6.45, 7) is 2.33. The van der Waals surface area contributed by atoms with Gasteiger partial charge < -0.3 is 24.6 Å². The summed E-state index contributed by atoms with van der Waals surface area (Å²) in [5, 5.41) is 18.3. The number of rotatable bonds is 36. The first kappa shape index (κ1) is 46.7. The maximum absolute atomic E-state index is 12.5. The van der Waals surface area contributed by atoms with E-state index in [1.165, 1.54) is 77.0 Å². The normalized spacial score (nSPS) is 14.2. The van der Waals surface area contributed by atoms with Crippen molar-refractivity contribution in [2.24, 2.45) is 0 Å². The molecule has 0 aliphatic rings. The summed E-state index contributed by atoms with van der Waals surface area (Å²) in [7, 11) is -4.60. The monoisotopic (exact) mass is 706 g/mol. The number of esters is 2. The van der Waals surface area contributed by atoms with Gasteiger partial charge in [-0.05, 0) is 32.1 Å². The second-order valence-electron chi connectivity index (χ2n) is 13.0. The molecule has 0 saturated carbocycles. The van der Waals surface area contributed by atoms with Crippen molar-refractivity contribution >= 4 is 19.8 Å². The van der Waals surface area contributed by atoms with Crippen molar-refractivity contribution in [2.75, 3.05) is 26.4 Å². The Labute approximate surface area is 292 Å². The van der Waals surface area contributed by atoms with E-state index >= 15 is 0 Å². The van der Waals surface area contributed by atoms with Crippen molar-refractivity contribution in [3.63, 3.8) is 0 Å². The topological polar surface area (TPSA) is 149 Å². The van der Waals surface area contributed by atoms with Gasteiger partial charge in [0.2, 0.25) is 0 Å². The van der Waals surface area contributed by atoms with E-state index in [9.17, 15) is 24.2 Å². The fraction of sp³-hybridized carbons (Fsp3) is 0.892. The third-order valence-electron chi connectivity index (χ3n) is 8.17. The Balaban J connectivity index is 4.35. The van der Waals surface area contributed by atoms with Crippen LogP contribution in [0.3, 0.4) is 0 Å². The molecule has 0 fully saturated rings. The molecule has 0 aromatic carbocycles. The van der Waals surface area contributed by atoms with Crippen molar-refractivity contribution in [2.45, 2.75) is 187 Å². The van der Waals surface area contributed by atoms with Crippen LogP contribution in [0.1, 0.15) is 174 Å². The number of phosphoric ester groups is 1. The SMILES string of the molecule is CCCC/C=C\CCCCCCCC(=O)OC[C@H](COP(=O)(O)OC[C@@H](O)CO)OC(=O)CCCCCCCCCCCCCCCC. The molecule has 10 nitrogen and oxygen atoms in total. The zero-order valence-corrected chi connectivity index (χ0v) is 31.4. The number of carbonyl (C=O) groups excluding carboxylic acids is 2. The molecule has 284 valence electrons. The average Bonchev–Trinajstić information content (AvgIpc) is 3.07. The third kappa shape index (κ3) is 33.2. The van der Waals surface area contributed by atoms with Gasteiger partial charge in [-0.1, -0.05) is 142 Å². The Morgan fingerprint density at radius 2 is 1.04 bits per heavy atom. The van der Waals surface area contributed by atoms with Crippen LogP contribution >= 0.6 is 7.82 Å². The standard InChI is InChI=1S/C37H71O10P/c1-3-5-7-9-11-13-15-16-17-19-21-23-25-27-29-37(41)47-35(33-46-48(42,43)45-31-34(39)30-38)32-44-36(40)28-26-24-22-20-18-14-12-10-8-6-4-2/h10,12,34-35,38-39H,3-9,11,13-33H2,1-2H3,(H,42,43)/b12-10-/t34-,35+/m0/s1. The van der Waals surface area contributed by atoms with Crippen LogP contribution in [0.25, 0.3) is 0 Å². The highest BCUT2D eigenvalue weighted by atomic mass is 31.2. The van der Waals surface area contributed by atoms with Gasteiger partial charge in [-0.2, -0.15) is 0 Å². The Kier molecular flexibility index (Phi) is 33.3. The van der Waals surface area contributed by atoms with Gasteiger partial charge in [0, 0.05) is 12.8 Å². The maximum atomic E-state index is 12.5. The number of aliphatic hydroxyl groups is 2. The summed E-state index contributed by atoms with van der Waals surface area (Å²) in [5.74, 6) is -0.931. The van der Waals surface area contributed by atoms with E-state index in [0.29, 0.717) is 12.8 Å². The molecule has 0 aliphatic carbocycles. The van der Waals surface area contributed by atoms with Crippen LogP contribution < -0.4 is 0 Å². The van der Waals surface area contributed by atoms with Crippen LogP contribution in [-0.4, -0.2) is 65.7 Å². The van der Waals surface area contributed by atoms with E-state index in [0.717, 1.165) is 57.8 Å². The lowest BCUT2D eigenvalue weighted by molar-refractivity contribution is -0.161. The van der Waals surface area contributed by atoms with Gasteiger partial charge in [-0.15, -0.1) is 0 Å². The lowest BCUT2D eigenvalue weighted by Gasteiger charge is -2.20. The quantitative estimate of drug-likeness (QED) is 0.0249. The van der Waals surface area contributed by atoms with E-state index in [2.05, 4.69) is 30.5 Å². The summed E-state index contributed by atoms with van der Waals surface area (Å²) in [4.78, 5) is 34.8. The molecule has 0 heterocycles. The van der Waals surface area contributed by atoms with E-state index < -0.39 is 51.8 Å². The van der Waals surface area contributed by atoms with Crippen LogP contribution in [0.15, 0.2) is 12.2 Å². The van der Waals surface area contributed by atoms with E-state index in [-0.39, 0.29) is 19.4 Å². The second kappa shape index (κ2) is 34.2. The van der Waals surface area contributed by atoms with Gasteiger partial charge >= 0.3 is 19.8 Å². The van der Waals surface area contributed by atoms with E-state index in [1.807, 2.05) is 0 Å². The van der Waals surface area contributed by atoms with Crippen LogP contribution in [0, 0.1) is 0 Å². The first-order valence-electron chi connectivity index (χ1n) is 19.1. The molecule has 0 spiro atoms. The molecule has 11 heteroatoms. The van der Waals surface area contributed by atoms with Crippen LogP contribution in [0.4, 0.5) is 0 Å². The lowest BCUT2D eigenvalue weighted by atomic mass is 10.0. The first-order valence-corrected chi connectivity index (χ1v) is 20.6. The number of phosphoric acid groups is 1. The zero-order valence-electron chi connectivity index (χ0n) is 30.5. The number of ether oxygens (including phenoxy) is 2. The van der Waals surface area contributed by atoms with Crippen LogP contribution in [0.2, 0.25) is 0 Å². The van der Waals surface area contributed by atoms with Gasteiger partial charge in [0.15, 0.2) is 6.10 Å². The predicted molar refractivity (Wildman–Crippen MR) is 192 cm³/mol. The molecule has 0 aromatic rings. The largest absolute Gasteiger partial charge is 0.472 e. The smallest absolute Gasteiger partial charge is 0.462 e. The Hall–Kier alpha value is -1.29. The maximum Gasteiger partial charge on any atom is 0.472 e. The minimum absolute atomic E-state index is 0.187. The minimum Gasteiger partial charge on any atom is -0.462 e. The van der Waals surface area contributed by atoms with Crippen LogP contribution in [0.5, 0.6) is 0 Å². The summed E-state index contributed by atoms with van der Waals surface area (Å²) < 4.78 is 32.5. The fourth-order valence-corrected chi connectivity index (χ4v) is 5.94. The van der Waals surface area contributed by atoms with Crippen molar-refractivity contribution in [1.29, 1.82) is 0 Å². The Morgan fingerprint density at radius 3 is 1.56 bits per heavy atom. The lowest BCUT2D eigenvalue weighted by Crippen LogP contribution is -2.29. The van der Waals surface area contributed by atoms with Crippen molar-refractivity contribution < 1.29 is 47.8 Å². The minimum atomic E-state index is -4.60. The molecule has 3 N–H and O–H groups in total. The van der Waals surface area contributed by atoms with Crippen molar-refractivity contribution in [1.82, 2.24) is 0 Å². The Bertz CT molecular complexity index is 822. The molecule has 0 amide bonds. The van der Waals surface area contributed by atoms with Crippen molar-refractivity contribution in [3.05, 3.63) is 12.2 Å². The number of unbranched alkanes of at least 4 members (excludes halogenated alkanes) is 20. The Morgan fingerprint density at radius 1 is 0.604 bits per heavy atom. The molecule has 0 bridgehead atoms. The number of allylic oxidation sites excluding steroid dienone is 2. The zero-order chi connectivity index (χ0) is 35.6. The van der Waals surface area contributed by atoms with Gasteiger partial charge in [-0.25, -0.2) is 4.57 Å². The van der Waals surface area contributed by atoms with Gasteiger partial charge in [0.1, 0.15) is 12.7 Å². The predicted octanol–water partition coefficient (Wildman–Crippen LogP) is 9.28. The molecule has 0 aromatic heterocycles. The summed E-state index contributed by atoms with van der Waals surface area (Å²) in [5.41, 5.74) is 0. The molecule has 48 heavy (non-hydrogen) atoms. The summed E-state index contributed by atoms with van der Waals surface area (Å²) in [6, 6.07) is 0. The molecular weight excluding hydrogens is 635 g/mol. The highest BCUT2D eigenvalue weighted by Crippen LogP contribution is 2.43. The van der Waals surface area contributed by atoms with Crippen molar-refractivity contribution in [3.8, 4) is 0 Å². The molecule has 0 radical (unpaired) electrons. The fourth-order valence-electron chi connectivity index (χ4n) is 5.15. The van der Waals surface area contributed by atoms with Gasteiger partial charge in [0.05, 0.1) is 19.8 Å². The number of hydrogen-bond acceptors (Lipinski definition) is 9. The molecule has 0 aliphatic heterocycles. The van der Waals surface area contributed by atoms with Crippen LogP contribution in [-0.2, 0) is 32.7 Å². The molecule has 1 unspecified atom stereocenters. The van der Waals surface area contributed by atoms with E-state index in [4.69, 9.17) is 19.1 Å². The third-order valence-corrected chi connectivity index (χ3v) is 9.12. The molecule has 3 atom stereocenters. The second-order valence-corrected chi connectivity index (χ2v) is 14.4. The van der Waals surface area contributed by atoms with E-state index in [1.54, 1.807) is 0 Å². The molecule has 0 rings (SSSR count). The molecule has 0 saturated heterocycles. The first-order chi connectivity index (χ1) is 23.2. The summed E-state index contributed by atoms with van der Waals surface area (Å²) in [6.07, 6.45) is 29.0. The van der Waals surface area contributed by atoms with Gasteiger partial charge in [0.25, 0.3) is 0 Å².